The third-order valence-electron chi connectivity index (χ3n) is 3.54. The standard InChI is InChI=1S/C17H20FNO/c1-10-8-17(20-4)11(2)7-15(10)16-9-13(18)5-6-14(16)12(3)19/h5-9,12H,19H2,1-4H3. The lowest BCUT2D eigenvalue weighted by atomic mass is 9.91. The van der Waals surface area contributed by atoms with E-state index in [1.807, 2.05) is 32.9 Å². The van der Waals surface area contributed by atoms with Gasteiger partial charge in [0.2, 0.25) is 0 Å². The first-order valence-corrected chi connectivity index (χ1v) is 6.64. The second-order valence-corrected chi connectivity index (χ2v) is 5.16. The molecular weight excluding hydrogens is 253 g/mol. The second-order valence-electron chi connectivity index (χ2n) is 5.16. The summed E-state index contributed by atoms with van der Waals surface area (Å²) in [7, 11) is 1.65. The fraction of sp³-hybridized carbons (Fsp3) is 0.294. The molecule has 0 bridgehead atoms. The molecule has 106 valence electrons. The molecule has 20 heavy (non-hydrogen) atoms. The Kier molecular flexibility index (Phi) is 4.09. The van der Waals surface area contributed by atoms with Crippen molar-refractivity contribution in [1.29, 1.82) is 0 Å². The predicted octanol–water partition coefficient (Wildman–Crippen LogP) is 4.14. The Balaban J connectivity index is 2.68. The number of rotatable bonds is 3. The highest BCUT2D eigenvalue weighted by Gasteiger charge is 2.14. The molecule has 1 unspecified atom stereocenters. The van der Waals surface area contributed by atoms with Crippen molar-refractivity contribution in [3.05, 3.63) is 52.8 Å². The fourth-order valence-corrected chi connectivity index (χ4v) is 2.46. The molecule has 2 aromatic rings. The molecule has 0 fully saturated rings. The summed E-state index contributed by atoms with van der Waals surface area (Å²) in [6.45, 7) is 5.88. The Morgan fingerprint density at radius 2 is 1.75 bits per heavy atom. The maximum atomic E-state index is 13.6. The van der Waals surface area contributed by atoms with E-state index in [2.05, 4.69) is 0 Å². The summed E-state index contributed by atoms with van der Waals surface area (Å²) in [5, 5.41) is 0. The number of ether oxygens (including phenoxy) is 1. The van der Waals surface area contributed by atoms with E-state index < -0.39 is 0 Å². The van der Waals surface area contributed by atoms with Gasteiger partial charge in [-0.25, -0.2) is 4.39 Å². The molecule has 0 amide bonds. The summed E-state index contributed by atoms with van der Waals surface area (Å²) in [5.74, 6) is 0.585. The van der Waals surface area contributed by atoms with E-state index in [-0.39, 0.29) is 11.9 Å². The predicted molar refractivity (Wildman–Crippen MR) is 80.5 cm³/mol. The zero-order valence-corrected chi connectivity index (χ0v) is 12.3. The molecule has 2 N–H and O–H groups in total. The smallest absolute Gasteiger partial charge is 0.123 e. The average molecular weight is 273 g/mol. The molecule has 3 heteroatoms. The number of nitrogens with two attached hydrogens (primary N) is 1. The molecule has 0 aromatic heterocycles. The van der Waals surface area contributed by atoms with Crippen LogP contribution in [-0.2, 0) is 0 Å². The highest BCUT2D eigenvalue weighted by Crippen LogP contribution is 2.34. The molecule has 0 saturated carbocycles. The number of benzene rings is 2. The first-order chi connectivity index (χ1) is 9.43. The third kappa shape index (κ3) is 2.68. The van der Waals surface area contributed by atoms with Crippen LogP contribution in [0.5, 0.6) is 5.75 Å². The van der Waals surface area contributed by atoms with E-state index in [0.717, 1.165) is 33.6 Å². The normalized spacial score (nSPS) is 12.3. The van der Waals surface area contributed by atoms with E-state index in [1.54, 1.807) is 19.2 Å². The van der Waals surface area contributed by atoms with Gasteiger partial charge in [0.15, 0.2) is 0 Å². The molecule has 2 rings (SSSR count). The minimum absolute atomic E-state index is 0.146. The summed E-state index contributed by atoms with van der Waals surface area (Å²) < 4.78 is 18.9. The highest BCUT2D eigenvalue weighted by molar-refractivity contribution is 5.73. The van der Waals surface area contributed by atoms with Gasteiger partial charge in [-0.15, -0.1) is 0 Å². The van der Waals surface area contributed by atoms with Crippen LogP contribution in [0.1, 0.15) is 29.7 Å². The average Bonchev–Trinajstić information content (AvgIpc) is 2.40. The molecule has 1 atom stereocenters. The first kappa shape index (κ1) is 14.5. The summed E-state index contributed by atoms with van der Waals surface area (Å²) in [4.78, 5) is 0. The lowest BCUT2D eigenvalue weighted by molar-refractivity contribution is 0.411. The van der Waals surface area contributed by atoms with Crippen molar-refractivity contribution in [3.8, 4) is 16.9 Å². The molecule has 0 aliphatic rings. The zero-order chi connectivity index (χ0) is 14.9. The van der Waals surface area contributed by atoms with Crippen molar-refractivity contribution in [1.82, 2.24) is 0 Å². The van der Waals surface area contributed by atoms with E-state index in [0.29, 0.717) is 0 Å². The summed E-state index contributed by atoms with van der Waals surface area (Å²) in [6.07, 6.45) is 0. The summed E-state index contributed by atoms with van der Waals surface area (Å²) in [6, 6.07) is 8.61. The van der Waals surface area contributed by atoms with Crippen LogP contribution in [0.3, 0.4) is 0 Å². The summed E-state index contributed by atoms with van der Waals surface area (Å²) >= 11 is 0. The monoisotopic (exact) mass is 273 g/mol. The van der Waals surface area contributed by atoms with E-state index in [9.17, 15) is 4.39 Å². The van der Waals surface area contributed by atoms with Crippen LogP contribution < -0.4 is 10.5 Å². The summed E-state index contributed by atoms with van der Waals surface area (Å²) in [5.41, 5.74) is 10.9. The minimum Gasteiger partial charge on any atom is -0.496 e. The lowest BCUT2D eigenvalue weighted by Gasteiger charge is -2.17. The number of hydrogen-bond acceptors (Lipinski definition) is 2. The number of methoxy groups -OCH3 is 1. The van der Waals surface area contributed by atoms with Gasteiger partial charge in [-0.1, -0.05) is 6.07 Å². The van der Waals surface area contributed by atoms with Crippen molar-refractivity contribution < 1.29 is 9.13 Å². The van der Waals surface area contributed by atoms with Crippen LogP contribution in [0.25, 0.3) is 11.1 Å². The van der Waals surface area contributed by atoms with Gasteiger partial charge in [-0.2, -0.15) is 0 Å². The number of halogens is 1. The van der Waals surface area contributed by atoms with Gasteiger partial charge in [0, 0.05) is 6.04 Å². The minimum atomic E-state index is -0.253. The van der Waals surface area contributed by atoms with Gasteiger partial charge in [0.25, 0.3) is 0 Å². The zero-order valence-electron chi connectivity index (χ0n) is 12.3. The van der Waals surface area contributed by atoms with Gasteiger partial charge < -0.3 is 10.5 Å². The molecule has 0 spiro atoms. The highest BCUT2D eigenvalue weighted by atomic mass is 19.1. The SMILES string of the molecule is COc1cc(C)c(-c2cc(F)ccc2C(C)N)cc1C. The van der Waals surface area contributed by atoms with Crippen LogP contribution in [0.15, 0.2) is 30.3 Å². The van der Waals surface area contributed by atoms with Crippen LogP contribution in [-0.4, -0.2) is 7.11 Å². The molecule has 0 aliphatic carbocycles. The van der Waals surface area contributed by atoms with Gasteiger partial charge in [-0.05, 0) is 72.9 Å². The topological polar surface area (TPSA) is 35.2 Å². The van der Waals surface area contributed by atoms with Gasteiger partial charge >= 0.3 is 0 Å². The maximum absolute atomic E-state index is 13.6. The molecular formula is C17H20FNO. The largest absolute Gasteiger partial charge is 0.496 e. The van der Waals surface area contributed by atoms with Crippen molar-refractivity contribution in [3.63, 3.8) is 0 Å². The molecule has 0 aliphatic heterocycles. The van der Waals surface area contributed by atoms with Crippen LogP contribution in [0.2, 0.25) is 0 Å². The van der Waals surface area contributed by atoms with Crippen molar-refractivity contribution in [2.75, 3.05) is 7.11 Å². The Labute approximate surface area is 119 Å². The van der Waals surface area contributed by atoms with Crippen LogP contribution in [0, 0.1) is 19.7 Å². The Bertz CT molecular complexity index is 635. The molecule has 2 aromatic carbocycles. The van der Waals surface area contributed by atoms with E-state index in [1.165, 1.54) is 6.07 Å². The van der Waals surface area contributed by atoms with Gasteiger partial charge in [0.1, 0.15) is 11.6 Å². The van der Waals surface area contributed by atoms with Gasteiger partial charge in [0.05, 0.1) is 7.11 Å². The lowest BCUT2D eigenvalue weighted by Crippen LogP contribution is -2.07. The van der Waals surface area contributed by atoms with Crippen LogP contribution in [0.4, 0.5) is 4.39 Å². The van der Waals surface area contributed by atoms with E-state index >= 15 is 0 Å². The first-order valence-electron chi connectivity index (χ1n) is 6.64. The maximum Gasteiger partial charge on any atom is 0.123 e. The van der Waals surface area contributed by atoms with Crippen LogP contribution >= 0.6 is 0 Å². The molecule has 2 nitrogen and oxygen atoms in total. The Morgan fingerprint density at radius 3 is 2.35 bits per heavy atom. The fourth-order valence-electron chi connectivity index (χ4n) is 2.46. The van der Waals surface area contributed by atoms with Crippen molar-refractivity contribution >= 4 is 0 Å². The number of aryl methyl sites for hydroxylation is 2. The van der Waals surface area contributed by atoms with Gasteiger partial charge in [-0.3, -0.25) is 0 Å². The third-order valence-corrected chi connectivity index (χ3v) is 3.54. The van der Waals surface area contributed by atoms with E-state index in [4.69, 9.17) is 10.5 Å². The second kappa shape index (κ2) is 5.63. The molecule has 0 radical (unpaired) electrons. The Morgan fingerprint density at radius 1 is 1.05 bits per heavy atom. The quantitative estimate of drug-likeness (QED) is 0.912. The molecule has 0 heterocycles. The number of hydrogen-bond donors (Lipinski definition) is 1. The van der Waals surface area contributed by atoms with Crippen molar-refractivity contribution in [2.45, 2.75) is 26.8 Å². The van der Waals surface area contributed by atoms with Crippen molar-refractivity contribution in [2.24, 2.45) is 5.73 Å². The molecule has 0 saturated heterocycles. The Hall–Kier alpha value is -1.87.